The zero-order chi connectivity index (χ0) is 29.0. The van der Waals surface area contributed by atoms with Crippen molar-refractivity contribution in [1.29, 1.82) is 5.41 Å². The highest BCUT2D eigenvalue weighted by Crippen LogP contribution is 2.37. The number of ether oxygens (including phenoxy) is 1. The van der Waals surface area contributed by atoms with Crippen molar-refractivity contribution in [2.24, 2.45) is 16.6 Å². The number of thioether (sulfide) groups is 1. The molecular weight excluding hydrogens is 542 g/mol. The number of carbonyl (C=O) groups excluding carboxylic acids is 3. The molecule has 0 radical (unpaired) electrons. The van der Waals surface area contributed by atoms with E-state index in [9.17, 15) is 23.2 Å². The van der Waals surface area contributed by atoms with E-state index in [1.165, 1.54) is 42.0 Å². The Morgan fingerprint density at radius 1 is 1.25 bits per heavy atom. The van der Waals surface area contributed by atoms with E-state index in [4.69, 9.17) is 15.9 Å². The molecule has 1 saturated heterocycles. The van der Waals surface area contributed by atoms with Crippen LogP contribution in [0.3, 0.4) is 0 Å². The third-order valence-corrected chi connectivity index (χ3v) is 6.83. The summed E-state index contributed by atoms with van der Waals surface area (Å²) in [7, 11) is 1.33. The van der Waals surface area contributed by atoms with Gasteiger partial charge in [0.25, 0.3) is 12.3 Å². The van der Waals surface area contributed by atoms with E-state index in [0.29, 0.717) is 12.2 Å². The number of piperazine rings is 1. The van der Waals surface area contributed by atoms with E-state index in [1.54, 1.807) is 0 Å². The minimum Gasteiger partial charge on any atom is -0.494 e. The summed E-state index contributed by atoms with van der Waals surface area (Å²) >= 11 is 0.734. The lowest BCUT2D eigenvalue weighted by atomic mass is 9.97. The predicted octanol–water partition coefficient (Wildman–Crippen LogP) is 3.47. The molecule has 208 valence electrons. The molecule has 0 spiro atoms. The Morgan fingerprint density at radius 3 is 2.62 bits per heavy atom. The molecule has 2 heterocycles. The molecule has 2 fully saturated rings. The SMILES string of the molecule is COc1cnc(C(F)F)cc1-c1cc(N2CCN(C(C)=O)CC2=O)ccc1C(=O)N=C(N)SC(=N)C#CC1CC1. The van der Waals surface area contributed by atoms with Gasteiger partial charge >= 0.3 is 0 Å². The zero-order valence-electron chi connectivity index (χ0n) is 21.7. The van der Waals surface area contributed by atoms with Crippen LogP contribution in [0.1, 0.15) is 42.2 Å². The molecule has 4 rings (SSSR count). The van der Waals surface area contributed by atoms with E-state index < -0.39 is 18.0 Å². The van der Waals surface area contributed by atoms with Gasteiger partial charge in [0.2, 0.25) is 11.8 Å². The maximum Gasteiger partial charge on any atom is 0.280 e. The van der Waals surface area contributed by atoms with Gasteiger partial charge in [-0.05, 0) is 54.8 Å². The molecule has 10 nitrogen and oxygen atoms in total. The molecule has 2 aliphatic rings. The Balaban J connectivity index is 1.73. The number of benzene rings is 1. The van der Waals surface area contributed by atoms with Crippen LogP contribution in [-0.2, 0) is 9.59 Å². The number of aromatic nitrogens is 1. The zero-order valence-corrected chi connectivity index (χ0v) is 22.6. The first-order valence-electron chi connectivity index (χ1n) is 12.3. The second kappa shape index (κ2) is 12.3. The van der Waals surface area contributed by atoms with E-state index in [2.05, 4.69) is 21.8 Å². The van der Waals surface area contributed by atoms with Crippen LogP contribution in [-0.4, -0.2) is 64.6 Å². The number of methoxy groups -OCH3 is 1. The molecule has 1 aliphatic heterocycles. The van der Waals surface area contributed by atoms with Crippen LogP contribution in [0.15, 0.2) is 35.5 Å². The summed E-state index contributed by atoms with van der Waals surface area (Å²) < 4.78 is 32.5. The van der Waals surface area contributed by atoms with Crippen LogP contribution in [0.2, 0.25) is 0 Å². The maximum atomic E-state index is 13.6. The minimum absolute atomic E-state index is 0.00225. The summed E-state index contributed by atoms with van der Waals surface area (Å²) in [6.45, 7) is 1.77. The molecule has 3 amide bonds. The van der Waals surface area contributed by atoms with E-state index in [-0.39, 0.29) is 63.5 Å². The molecule has 1 saturated carbocycles. The fourth-order valence-corrected chi connectivity index (χ4v) is 4.43. The molecule has 1 aliphatic carbocycles. The highest BCUT2D eigenvalue weighted by molar-refractivity contribution is 8.26. The van der Waals surface area contributed by atoms with Gasteiger partial charge in [-0.1, -0.05) is 5.92 Å². The van der Waals surface area contributed by atoms with Gasteiger partial charge in [0, 0.05) is 48.3 Å². The van der Waals surface area contributed by atoms with Crippen molar-refractivity contribution >= 4 is 45.4 Å². The molecule has 0 unspecified atom stereocenters. The van der Waals surface area contributed by atoms with Crippen molar-refractivity contribution in [3.8, 4) is 28.7 Å². The largest absolute Gasteiger partial charge is 0.494 e. The van der Waals surface area contributed by atoms with Crippen molar-refractivity contribution < 1.29 is 27.9 Å². The summed E-state index contributed by atoms with van der Waals surface area (Å²) in [5, 5.41) is 7.68. The number of rotatable bonds is 5. The van der Waals surface area contributed by atoms with E-state index in [1.807, 2.05) is 0 Å². The van der Waals surface area contributed by atoms with Gasteiger partial charge in [0.15, 0.2) is 5.17 Å². The molecular formula is C27H26F2N6O4S. The third kappa shape index (κ3) is 6.81. The number of alkyl halides is 2. The Labute approximate surface area is 233 Å². The van der Waals surface area contributed by atoms with Crippen LogP contribution in [0.25, 0.3) is 11.1 Å². The lowest BCUT2D eigenvalue weighted by Crippen LogP contribution is -2.51. The van der Waals surface area contributed by atoms with Gasteiger partial charge in [-0.3, -0.25) is 24.8 Å². The number of hydrogen-bond donors (Lipinski definition) is 2. The number of carbonyl (C=O) groups is 3. The molecule has 13 heteroatoms. The lowest BCUT2D eigenvalue weighted by Gasteiger charge is -2.34. The first kappa shape index (κ1) is 28.7. The molecule has 2 aromatic rings. The number of pyridine rings is 1. The van der Waals surface area contributed by atoms with Gasteiger partial charge in [0.05, 0.1) is 13.3 Å². The van der Waals surface area contributed by atoms with E-state index >= 15 is 0 Å². The second-order valence-corrected chi connectivity index (χ2v) is 10.1. The standard InChI is InChI=1S/C27H26F2N6O4S/c1-15(36)34-9-10-35(24(37)14-34)17-6-7-18(26(38)33-27(31)40-23(30)8-5-16-3-4-16)19(11-17)20-12-21(25(28)29)32-13-22(20)39-2/h6-7,11-13,16,25,30H,3-4,9-10,14H2,1-2H3,(H2,31,33,38). The quantitative estimate of drug-likeness (QED) is 0.320. The Bertz CT molecular complexity index is 1460. The Hall–Kier alpha value is -4.31. The maximum absolute atomic E-state index is 13.6. The van der Waals surface area contributed by atoms with Crippen LogP contribution in [0.5, 0.6) is 5.75 Å². The van der Waals surface area contributed by atoms with E-state index in [0.717, 1.165) is 36.9 Å². The number of amidine groups is 1. The average molecular weight is 569 g/mol. The van der Waals surface area contributed by atoms with Crippen molar-refractivity contribution in [2.75, 3.05) is 31.6 Å². The highest BCUT2D eigenvalue weighted by atomic mass is 32.2. The summed E-state index contributed by atoms with van der Waals surface area (Å²) in [5.74, 6) is 4.65. The Morgan fingerprint density at radius 2 is 2.00 bits per heavy atom. The topological polar surface area (TPSA) is 142 Å². The lowest BCUT2D eigenvalue weighted by molar-refractivity contribution is -0.135. The van der Waals surface area contributed by atoms with Gasteiger partial charge in [-0.15, -0.1) is 0 Å². The first-order valence-corrected chi connectivity index (χ1v) is 13.1. The third-order valence-electron chi connectivity index (χ3n) is 6.22. The Kier molecular flexibility index (Phi) is 8.79. The number of nitrogens with one attached hydrogen (secondary N) is 1. The average Bonchev–Trinajstić information content (AvgIpc) is 3.75. The number of aliphatic imine (C=N–C) groups is 1. The summed E-state index contributed by atoms with van der Waals surface area (Å²) in [5.41, 5.74) is 6.07. The number of amides is 3. The van der Waals surface area contributed by atoms with Crippen molar-refractivity contribution in [3.05, 3.63) is 41.7 Å². The number of nitrogens with two attached hydrogens (primary N) is 1. The normalized spacial score (nSPS) is 15.5. The van der Waals surface area contributed by atoms with Gasteiger partial charge in [-0.2, -0.15) is 4.99 Å². The van der Waals surface area contributed by atoms with Crippen LogP contribution in [0.4, 0.5) is 14.5 Å². The van der Waals surface area contributed by atoms with Gasteiger partial charge < -0.3 is 20.3 Å². The fraction of sp³-hybridized carbons (Fsp3) is 0.333. The van der Waals surface area contributed by atoms with Gasteiger partial charge in [-0.25, -0.2) is 8.78 Å². The van der Waals surface area contributed by atoms with Crippen molar-refractivity contribution in [2.45, 2.75) is 26.2 Å². The smallest absolute Gasteiger partial charge is 0.280 e. The summed E-state index contributed by atoms with van der Waals surface area (Å²) in [6.07, 6.45) is 0.230. The molecule has 0 bridgehead atoms. The number of anilines is 1. The molecule has 1 aromatic heterocycles. The van der Waals surface area contributed by atoms with Crippen LogP contribution < -0.4 is 15.4 Å². The molecule has 3 N–H and O–H groups in total. The number of nitrogens with zero attached hydrogens (tertiary/aromatic N) is 4. The second-order valence-electron chi connectivity index (χ2n) is 9.06. The van der Waals surface area contributed by atoms with Crippen LogP contribution in [0, 0.1) is 23.2 Å². The van der Waals surface area contributed by atoms with Crippen molar-refractivity contribution in [1.82, 2.24) is 9.88 Å². The summed E-state index contributed by atoms with van der Waals surface area (Å²) in [6, 6.07) is 5.56. The first-order chi connectivity index (χ1) is 19.1. The molecule has 0 atom stereocenters. The van der Waals surface area contributed by atoms with Crippen LogP contribution >= 0.6 is 11.8 Å². The highest BCUT2D eigenvalue weighted by Gasteiger charge is 2.28. The van der Waals surface area contributed by atoms with Gasteiger partial charge in [0.1, 0.15) is 23.0 Å². The number of hydrogen-bond acceptors (Lipinski definition) is 7. The molecule has 40 heavy (non-hydrogen) atoms. The molecule has 1 aromatic carbocycles. The van der Waals surface area contributed by atoms with Crippen molar-refractivity contribution in [3.63, 3.8) is 0 Å². The number of halogens is 2. The monoisotopic (exact) mass is 568 g/mol. The fourth-order valence-electron chi connectivity index (χ4n) is 3.98. The summed E-state index contributed by atoms with van der Waals surface area (Å²) in [4.78, 5) is 48.3. The minimum atomic E-state index is -2.89. The predicted molar refractivity (Wildman–Crippen MR) is 148 cm³/mol.